The van der Waals surface area contributed by atoms with Crippen molar-refractivity contribution >= 4 is 5.97 Å². The second-order valence-corrected chi connectivity index (χ2v) is 2.59. The van der Waals surface area contributed by atoms with E-state index in [0.717, 1.165) is 0 Å². The molecule has 0 heterocycles. The quantitative estimate of drug-likeness (QED) is 0.309. The number of rotatable bonds is 5. The average molecular weight is 192 g/mol. The number of carbonyl (C=O) groups excluding carboxylic acids is 1. The van der Waals surface area contributed by atoms with Gasteiger partial charge in [-0.3, -0.25) is 0 Å². The molecule has 0 saturated carbocycles. The van der Waals surface area contributed by atoms with Gasteiger partial charge in [-0.2, -0.15) is 0 Å². The minimum absolute atomic E-state index is 0.0546. The lowest BCUT2D eigenvalue weighted by molar-refractivity contribution is -0.139. The first kappa shape index (κ1) is 10.5. The number of benzene rings is 1. The number of hydrogen-bond donors (Lipinski definition) is 0. The van der Waals surface area contributed by atoms with Crippen LogP contribution in [0.4, 0.5) is 0 Å². The van der Waals surface area contributed by atoms with E-state index in [0.29, 0.717) is 12.4 Å². The van der Waals surface area contributed by atoms with Crippen molar-refractivity contribution in [3.8, 4) is 5.75 Å². The van der Waals surface area contributed by atoms with Gasteiger partial charge < -0.3 is 9.47 Å². The summed E-state index contributed by atoms with van der Waals surface area (Å²) in [6.45, 7) is 3.76. The SMILES string of the molecule is C=CCOCC(=O)Oc1ccccc1. The minimum Gasteiger partial charge on any atom is -0.425 e. The van der Waals surface area contributed by atoms with Crippen LogP contribution in [0.5, 0.6) is 5.75 Å². The van der Waals surface area contributed by atoms with Crippen molar-refractivity contribution in [1.82, 2.24) is 0 Å². The molecule has 0 aromatic heterocycles. The van der Waals surface area contributed by atoms with Crippen molar-refractivity contribution in [1.29, 1.82) is 0 Å². The van der Waals surface area contributed by atoms with Gasteiger partial charge in [-0.25, -0.2) is 4.79 Å². The van der Waals surface area contributed by atoms with E-state index in [1.54, 1.807) is 30.3 Å². The maximum absolute atomic E-state index is 11.1. The Bertz CT molecular complexity index is 293. The van der Waals surface area contributed by atoms with Gasteiger partial charge in [0.05, 0.1) is 6.61 Å². The molecule has 0 radical (unpaired) electrons. The molecule has 74 valence electrons. The normalized spacial score (nSPS) is 9.43. The molecule has 0 amide bonds. The van der Waals surface area contributed by atoms with Crippen molar-refractivity contribution in [2.75, 3.05) is 13.2 Å². The second kappa shape index (κ2) is 5.94. The molecule has 1 aromatic rings. The molecule has 0 unspecified atom stereocenters. The van der Waals surface area contributed by atoms with E-state index in [9.17, 15) is 4.79 Å². The summed E-state index contributed by atoms with van der Waals surface area (Å²) in [6, 6.07) is 8.88. The molecule has 14 heavy (non-hydrogen) atoms. The summed E-state index contributed by atoms with van der Waals surface area (Å²) >= 11 is 0. The van der Waals surface area contributed by atoms with Crippen LogP contribution in [0.25, 0.3) is 0 Å². The number of esters is 1. The summed E-state index contributed by atoms with van der Waals surface area (Å²) in [5.74, 6) is 0.123. The zero-order chi connectivity index (χ0) is 10.2. The van der Waals surface area contributed by atoms with E-state index in [1.165, 1.54) is 0 Å². The van der Waals surface area contributed by atoms with E-state index < -0.39 is 5.97 Å². The molecule has 0 bridgehead atoms. The standard InChI is InChI=1S/C11H12O3/c1-2-8-13-9-11(12)14-10-6-4-3-5-7-10/h2-7H,1,8-9H2. The molecule has 0 aliphatic carbocycles. The van der Waals surface area contributed by atoms with Gasteiger partial charge in [0.1, 0.15) is 12.4 Å². The molecule has 3 heteroatoms. The maximum Gasteiger partial charge on any atom is 0.337 e. The Hall–Kier alpha value is -1.61. The van der Waals surface area contributed by atoms with Gasteiger partial charge in [-0.15, -0.1) is 6.58 Å². The highest BCUT2D eigenvalue weighted by Gasteiger charge is 2.02. The van der Waals surface area contributed by atoms with E-state index in [2.05, 4.69) is 6.58 Å². The third-order valence-corrected chi connectivity index (χ3v) is 1.43. The summed E-state index contributed by atoms with van der Waals surface area (Å²) in [5, 5.41) is 0. The van der Waals surface area contributed by atoms with Crippen LogP contribution in [-0.2, 0) is 9.53 Å². The monoisotopic (exact) mass is 192 g/mol. The largest absolute Gasteiger partial charge is 0.425 e. The zero-order valence-corrected chi connectivity index (χ0v) is 7.81. The summed E-state index contributed by atoms with van der Waals surface area (Å²) in [5.41, 5.74) is 0. The number of carbonyl (C=O) groups is 1. The van der Waals surface area contributed by atoms with E-state index >= 15 is 0 Å². The van der Waals surface area contributed by atoms with Crippen LogP contribution in [-0.4, -0.2) is 19.2 Å². The van der Waals surface area contributed by atoms with Crippen molar-refractivity contribution in [2.45, 2.75) is 0 Å². The summed E-state index contributed by atoms with van der Waals surface area (Å²) in [6.07, 6.45) is 1.58. The molecule has 0 aliphatic heterocycles. The Morgan fingerprint density at radius 2 is 2.07 bits per heavy atom. The fourth-order valence-electron chi connectivity index (χ4n) is 0.875. The Morgan fingerprint density at radius 3 is 2.71 bits per heavy atom. The second-order valence-electron chi connectivity index (χ2n) is 2.59. The number of ether oxygens (including phenoxy) is 2. The van der Waals surface area contributed by atoms with Gasteiger partial charge >= 0.3 is 5.97 Å². The third-order valence-electron chi connectivity index (χ3n) is 1.43. The van der Waals surface area contributed by atoms with E-state index in [4.69, 9.17) is 9.47 Å². The molecule has 1 rings (SSSR count). The van der Waals surface area contributed by atoms with Gasteiger partial charge in [0.15, 0.2) is 0 Å². The van der Waals surface area contributed by atoms with Crippen molar-refractivity contribution in [3.63, 3.8) is 0 Å². The molecule has 0 spiro atoms. The maximum atomic E-state index is 11.1. The first-order valence-corrected chi connectivity index (χ1v) is 4.27. The van der Waals surface area contributed by atoms with Crippen LogP contribution >= 0.6 is 0 Å². The lowest BCUT2D eigenvalue weighted by Gasteiger charge is -2.03. The zero-order valence-electron chi connectivity index (χ0n) is 7.81. The first-order valence-electron chi connectivity index (χ1n) is 4.27. The highest BCUT2D eigenvalue weighted by atomic mass is 16.6. The van der Waals surface area contributed by atoms with Crippen LogP contribution in [0.3, 0.4) is 0 Å². The predicted octanol–water partition coefficient (Wildman–Crippen LogP) is 1.79. The average Bonchev–Trinajstić information content (AvgIpc) is 2.20. The summed E-state index contributed by atoms with van der Waals surface area (Å²) < 4.78 is 9.89. The Labute approximate surface area is 83.0 Å². The van der Waals surface area contributed by atoms with Crippen LogP contribution in [0, 0.1) is 0 Å². The molecule has 0 fully saturated rings. The minimum atomic E-state index is -0.405. The molecule has 3 nitrogen and oxygen atoms in total. The smallest absolute Gasteiger partial charge is 0.337 e. The van der Waals surface area contributed by atoms with Gasteiger partial charge in [0.2, 0.25) is 0 Å². The fourth-order valence-corrected chi connectivity index (χ4v) is 0.875. The molecule has 1 aromatic carbocycles. The number of hydrogen-bond acceptors (Lipinski definition) is 3. The van der Waals surface area contributed by atoms with Crippen LogP contribution in [0.1, 0.15) is 0 Å². The van der Waals surface area contributed by atoms with E-state index in [-0.39, 0.29) is 6.61 Å². The topological polar surface area (TPSA) is 35.5 Å². The van der Waals surface area contributed by atoms with Crippen molar-refractivity contribution < 1.29 is 14.3 Å². The van der Waals surface area contributed by atoms with Gasteiger partial charge in [-0.05, 0) is 12.1 Å². The first-order chi connectivity index (χ1) is 6.83. The fraction of sp³-hybridized carbons (Fsp3) is 0.182. The van der Waals surface area contributed by atoms with Gasteiger partial charge in [0, 0.05) is 0 Å². The molecule has 0 atom stereocenters. The summed E-state index contributed by atoms with van der Waals surface area (Å²) in [4.78, 5) is 11.1. The van der Waals surface area contributed by atoms with Gasteiger partial charge in [0.25, 0.3) is 0 Å². The van der Waals surface area contributed by atoms with Crippen molar-refractivity contribution in [2.24, 2.45) is 0 Å². The van der Waals surface area contributed by atoms with Crippen LogP contribution in [0.2, 0.25) is 0 Å². The number of para-hydroxylation sites is 1. The van der Waals surface area contributed by atoms with Crippen molar-refractivity contribution in [3.05, 3.63) is 43.0 Å². The third kappa shape index (κ3) is 3.87. The Kier molecular flexibility index (Phi) is 4.44. The predicted molar refractivity (Wildman–Crippen MR) is 53.1 cm³/mol. The van der Waals surface area contributed by atoms with Crippen LogP contribution < -0.4 is 4.74 Å². The molecule has 0 N–H and O–H groups in total. The molecular formula is C11H12O3. The Morgan fingerprint density at radius 1 is 1.36 bits per heavy atom. The van der Waals surface area contributed by atoms with Crippen LogP contribution in [0.15, 0.2) is 43.0 Å². The molecule has 0 saturated heterocycles. The lowest BCUT2D eigenvalue weighted by Crippen LogP contribution is -2.15. The van der Waals surface area contributed by atoms with E-state index in [1.807, 2.05) is 6.07 Å². The Balaban J connectivity index is 2.31. The highest BCUT2D eigenvalue weighted by Crippen LogP contribution is 2.08. The summed E-state index contributed by atoms with van der Waals surface area (Å²) in [7, 11) is 0. The molecular weight excluding hydrogens is 180 g/mol. The van der Waals surface area contributed by atoms with Gasteiger partial charge in [-0.1, -0.05) is 24.3 Å². The lowest BCUT2D eigenvalue weighted by atomic mass is 10.3. The molecule has 0 aliphatic rings. The highest BCUT2D eigenvalue weighted by molar-refractivity contribution is 5.73.